The van der Waals surface area contributed by atoms with E-state index in [0.29, 0.717) is 18.5 Å². The quantitative estimate of drug-likeness (QED) is 0.558. The van der Waals surface area contributed by atoms with Gasteiger partial charge in [0, 0.05) is 5.69 Å². The molecule has 7 nitrogen and oxygen atoms in total. The summed E-state index contributed by atoms with van der Waals surface area (Å²) in [6.45, 7) is 1.35. The Morgan fingerprint density at radius 1 is 1.03 bits per heavy atom. The van der Waals surface area contributed by atoms with Crippen LogP contribution in [0.5, 0.6) is 5.75 Å². The standard InChI is InChI=1S/C25H25N3O4/c1-25(14-13-17-7-11-21(32-2)12-8-17)23(30)28(24(31)27-25)16-22(29)26-20-10-9-18-5-3-4-6-19(18)15-20/h3-12,15H,13-14,16H2,1-2H3,(H,26,29)(H,27,31). The van der Waals surface area contributed by atoms with Crippen LogP contribution in [0.2, 0.25) is 0 Å². The molecular formula is C25H25N3O4. The number of rotatable bonds is 7. The fourth-order valence-electron chi connectivity index (χ4n) is 3.86. The maximum atomic E-state index is 13.0. The summed E-state index contributed by atoms with van der Waals surface area (Å²) in [5.41, 5.74) is 0.588. The van der Waals surface area contributed by atoms with E-state index < -0.39 is 23.4 Å². The second kappa shape index (κ2) is 8.70. The number of aryl methyl sites for hydroxylation is 1. The molecule has 0 saturated carbocycles. The second-order valence-corrected chi connectivity index (χ2v) is 8.11. The van der Waals surface area contributed by atoms with Crippen molar-refractivity contribution in [2.24, 2.45) is 0 Å². The zero-order chi connectivity index (χ0) is 22.7. The fourth-order valence-corrected chi connectivity index (χ4v) is 3.86. The van der Waals surface area contributed by atoms with Crippen molar-refractivity contribution in [2.75, 3.05) is 19.0 Å². The van der Waals surface area contributed by atoms with Crippen LogP contribution in [0, 0.1) is 0 Å². The first-order valence-electron chi connectivity index (χ1n) is 10.4. The van der Waals surface area contributed by atoms with E-state index in [1.165, 1.54) is 0 Å². The fraction of sp³-hybridized carbons (Fsp3) is 0.240. The number of benzene rings is 3. The van der Waals surface area contributed by atoms with Gasteiger partial charge in [0.15, 0.2) is 0 Å². The van der Waals surface area contributed by atoms with Crippen LogP contribution in [0.15, 0.2) is 66.7 Å². The number of methoxy groups -OCH3 is 1. The van der Waals surface area contributed by atoms with E-state index in [0.717, 1.165) is 27.0 Å². The third-order valence-corrected chi connectivity index (χ3v) is 5.75. The van der Waals surface area contributed by atoms with Crippen molar-refractivity contribution in [1.82, 2.24) is 10.2 Å². The van der Waals surface area contributed by atoms with E-state index in [1.807, 2.05) is 60.7 Å². The van der Waals surface area contributed by atoms with Crippen LogP contribution in [0.4, 0.5) is 10.5 Å². The van der Waals surface area contributed by atoms with Crippen LogP contribution in [-0.4, -0.2) is 41.9 Å². The number of carbonyl (C=O) groups excluding carboxylic acids is 3. The number of hydrogen-bond acceptors (Lipinski definition) is 4. The lowest BCUT2D eigenvalue weighted by molar-refractivity contribution is -0.133. The van der Waals surface area contributed by atoms with Crippen LogP contribution in [0.3, 0.4) is 0 Å². The highest BCUT2D eigenvalue weighted by molar-refractivity contribution is 6.10. The number of fused-ring (bicyclic) bond motifs is 1. The van der Waals surface area contributed by atoms with Crippen LogP contribution in [0.25, 0.3) is 10.8 Å². The Labute approximate surface area is 186 Å². The number of anilines is 1. The third-order valence-electron chi connectivity index (χ3n) is 5.75. The summed E-state index contributed by atoms with van der Waals surface area (Å²) in [7, 11) is 1.60. The molecule has 164 valence electrons. The van der Waals surface area contributed by atoms with Gasteiger partial charge in [0.05, 0.1) is 7.11 Å². The van der Waals surface area contributed by atoms with Gasteiger partial charge < -0.3 is 15.4 Å². The Morgan fingerprint density at radius 2 is 1.75 bits per heavy atom. The van der Waals surface area contributed by atoms with Crippen LogP contribution < -0.4 is 15.4 Å². The zero-order valence-electron chi connectivity index (χ0n) is 18.1. The average molecular weight is 431 g/mol. The Hall–Kier alpha value is -3.87. The van der Waals surface area contributed by atoms with E-state index in [2.05, 4.69) is 10.6 Å². The summed E-state index contributed by atoms with van der Waals surface area (Å²) in [5, 5.41) is 7.58. The summed E-state index contributed by atoms with van der Waals surface area (Å²) in [6.07, 6.45) is 1.02. The maximum Gasteiger partial charge on any atom is 0.325 e. The Balaban J connectivity index is 1.38. The second-order valence-electron chi connectivity index (χ2n) is 8.11. The van der Waals surface area contributed by atoms with Crippen molar-refractivity contribution in [1.29, 1.82) is 0 Å². The van der Waals surface area contributed by atoms with E-state index >= 15 is 0 Å². The molecule has 4 rings (SSSR count). The van der Waals surface area contributed by atoms with Gasteiger partial charge in [0.25, 0.3) is 5.91 Å². The molecular weight excluding hydrogens is 406 g/mol. The first-order valence-corrected chi connectivity index (χ1v) is 10.4. The number of nitrogens with one attached hydrogen (secondary N) is 2. The van der Waals surface area contributed by atoms with Gasteiger partial charge in [-0.05, 0) is 60.4 Å². The van der Waals surface area contributed by atoms with Gasteiger partial charge in [-0.3, -0.25) is 14.5 Å². The lowest BCUT2D eigenvalue weighted by Crippen LogP contribution is -2.45. The number of hydrogen-bond donors (Lipinski definition) is 2. The summed E-state index contributed by atoms with van der Waals surface area (Å²) in [4.78, 5) is 38.9. The highest BCUT2D eigenvalue weighted by Crippen LogP contribution is 2.24. The predicted octanol–water partition coefficient (Wildman–Crippen LogP) is 3.73. The molecule has 0 radical (unpaired) electrons. The summed E-state index contributed by atoms with van der Waals surface area (Å²) < 4.78 is 5.16. The minimum Gasteiger partial charge on any atom is -0.497 e. The molecule has 1 aliphatic rings. The molecule has 7 heteroatoms. The van der Waals surface area contributed by atoms with Gasteiger partial charge >= 0.3 is 6.03 Å². The molecule has 4 amide bonds. The molecule has 1 heterocycles. The molecule has 2 N–H and O–H groups in total. The molecule has 1 saturated heterocycles. The number of amides is 4. The van der Waals surface area contributed by atoms with Gasteiger partial charge in [-0.2, -0.15) is 0 Å². The molecule has 0 aliphatic carbocycles. The predicted molar refractivity (Wildman–Crippen MR) is 123 cm³/mol. The minimum absolute atomic E-state index is 0.338. The Morgan fingerprint density at radius 3 is 2.47 bits per heavy atom. The molecule has 0 bridgehead atoms. The highest BCUT2D eigenvalue weighted by atomic mass is 16.5. The first-order chi connectivity index (χ1) is 15.4. The Kier molecular flexibility index (Phi) is 5.81. The summed E-state index contributed by atoms with van der Waals surface area (Å²) >= 11 is 0. The highest BCUT2D eigenvalue weighted by Gasteiger charge is 2.47. The van der Waals surface area contributed by atoms with E-state index in [-0.39, 0.29) is 6.54 Å². The molecule has 1 aliphatic heterocycles. The van der Waals surface area contributed by atoms with Crippen molar-refractivity contribution in [3.05, 3.63) is 72.3 Å². The average Bonchev–Trinajstić information content (AvgIpc) is 3.01. The van der Waals surface area contributed by atoms with Gasteiger partial charge in [0.1, 0.15) is 17.8 Å². The summed E-state index contributed by atoms with van der Waals surface area (Å²) in [5.74, 6) is -0.0679. The zero-order valence-corrected chi connectivity index (χ0v) is 18.1. The van der Waals surface area contributed by atoms with Gasteiger partial charge in [0.2, 0.25) is 5.91 Å². The van der Waals surface area contributed by atoms with Crippen molar-refractivity contribution in [2.45, 2.75) is 25.3 Å². The van der Waals surface area contributed by atoms with Gasteiger partial charge in [-0.15, -0.1) is 0 Å². The molecule has 1 atom stereocenters. The van der Waals surface area contributed by atoms with Gasteiger partial charge in [-0.25, -0.2) is 4.79 Å². The van der Waals surface area contributed by atoms with Crippen molar-refractivity contribution >= 4 is 34.3 Å². The summed E-state index contributed by atoms with van der Waals surface area (Å²) in [6, 6.07) is 20.4. The monoisotopic (exact) mass is 431 g/mol. The van der Waals surface area contributed by atoms with Crippen molar-refractivity contribution < 1.29 is 19.1 Å². The smallest absolute Gasteiger partial charge is 0.325 e. The van der Waals surface area contributed by atoms with Crippen LogP contribution in [0.1, 0.15) is 18.9 Å². The SMILES string of the molecule is COc1ccc(CCC2(C)NC(=O)N(CC(=O)Nc3ccc4ccccc4c3)C2=O)cc1. The molecule has 3 aromatic carbocycles. The lowest BCUT2D eigenvalue weighted by Gasteiger charge is -2.21. The molecule has 1 unspecified atom stereocenters. The van der Waals surface area contributed by atoms with E-state index in [4.69, 9.17) is 4.74 Å². The lowest BCUT2D eigenvalue weighted by atomic mass is 9.93. The molecule has 32 heavy (non-hydrogen) atoms. The molecule has 0 spiro atoms. The minimum atomic E-state index is -1.06. The van der Waals surface area contributed by atoms with Crippen LogP contribution >= 0.6 is 0 Å². The maximum absolute atomic E-state index is 13.0. The van der Waals surface area contributed by atoms with Crippen molar-refractivity contribution in [3.63, 3.8) is 0 Å². The largest absolute Gasteiger partial charge is 0.497 e. The Bertz CT molecular complexity index is 1180. The number of carbonyl (C=O) groups is 3. The number of nitrogens with zero attached hydrogens (tertiary/aromatic N) is 1. The number of ether oxygens (including phenoxy) is 1. The van der Waals surface area contributed by atoms with E-state index in [1.54, 1.807) is 20.1 Å². The van der Waals surface area contributed by atoms with Crippen molar-refractivity contribution in [3.8, 4) is 5.75 Å². The number of urea groups is 1. The molecule has 0 aromatic heterocycles. The third kappa shape index (κ3) is 4.42. The van der Waals surface area contributed by atoms with E-state index in [9.17, 15) is 14.4 Å². The van der Waals surface area contributed by atoms with Gasteiger partial charge in [-0.1, -0.05) is 42.5 Å². The molecule has 1 fully saturated rings. The molecule has 3 aromatic rings. The normalized spacial score (nSPS) is 18.0. The first kappa shape index (κ1) is 21.4. The van der Waals surface area contributed by atoms with Crippen LogP contribution in [-0.2, 0) is 16.0 Å². The number of imide groups is 1. The topological polar surface area (TPSA) is 87.7 Å².